The van der Waals surface area contributed by atoms with Crippen LogP contribution in [0.4, 0.5) is 5.69 Å². The fourth-order valence-corrected chi connectivity index (χ4v) is 1.26. The molecule has 1 aromatic heterocycles. The predicted molar refractivity (Wildman–Crippen MR) is 45.2 cm³/mol. The fraction of sp³-hybridized carbons (Fsp3) is 0.125. The molecule has 0 radical (unpaired) electrons. The molecule has 0 spiro atoms. The number of aromatic amines is 1. The maximum absolute atomic E-state index is 5.64. The third-order valence-electron chi connectivity index (χ3n) is 1.79. The highest BCUT2D eigenvalue weighted by molar-refractivity contribution is 5.84. The second-order valence-electron chi connectivity index (χ2n) is 2.67. The highest BCUT2D eigenvalue weighted by Crippen LogP contribution is 2.18. The molecule has 1 heterocycles. The molecule has 0 aliphatic carbocycles. The number of nitrogens with one attached hydrogen (secondary N) is 1. The molecule has 0 fully saturated rings. The lowest BCUT2D eigenvalue weighted by atomic mass is 10.1. The number of nitrogens with two attached hydrogens (primary N) is 1. The number of aryl methyl sites for hydroxylation is 1. The minimum Gasteiger partial charge on any atom is -0.399 e. The van der Waals surface area contributed by atoms with Gasteiger partial charge in [-0.15, -0.1) is 0 Å². The van der Waals surface area contributed by atoms with E-state index in [0.29, 0.717) is 0 Å². The molecule has 0 bridgehead atoms. The van der Waals surface area contributed by atoms with Crippen molar-refractivity contribution in [1.29, 1.82) is 0 Å². The van der Waals surface area contributed by atoms with Crippen molar-refractivity contribution in [2.24, 2.45) is 0 Å². The minimum atomic E-state index is 0.777. The van der Waals surface area contributed by atoms with Crippen molar-refractivity contribution in [2.75, 3.05) is 5.73 Å². The number of nitrogen functional groups attached to an aromatic ring is 1. The van der Waals surface area contributed by atoms with Crippen molar-refractivity contribution >= 4 is 16.6 Å². The van der Waals surface area contributed by atoms with Gasteiger partial charge in [-0.2, -0.15) is 5.10 Å². The number of anilines is 1. The zero-order chi connectivity index (χ0) is 7.84. The topological polar surface area (TPSA) is 54.7 Å². The maximum Gasteiger partial charge on any atom is 0.0673 e. The summed E-state index contributed by atoms with van der Waals surface area (Å²) in [5.41, 5.74) is 8.58. The van der Waals surface area contributed by atoms with Gasteiger partial charge >= 0.3 is 0 Å². The van der Waals surface area contributed by atoms with Crippen LogP contribution in [0.3, 0.4) is 0 Å². The van der Waals surface area contributed by atoms with Gasteiger partial charge in [0.15, 0.2) is 0 Å². The summed E-state index contributed by atoms with van der Waals surface area (Å²) in [5.74, 6) is 0. The number of hydrogen-bond acceptors (Lipinski definition) is 2. The molecule has 1 aromatic carbocycles. The van der Waals surface area contributed by atoms with Crippen LogP contribution in [0.2, 0.25) is 0 Å². The highest BCUT2D eigenvalue weighted by Gasteiger charge is 1.98. The van der Waals surface area contributed by atoms with Gasteiger partial charge in [0.1, 0.15) is 0 Å². The number of rotatable bonds is 0. The summed E-state index contributed by atoms with van der Waals surface area (Å²) in [6.07, 6.45) is 1.81. The SMILES string of the molecule is Cc1cc(N)cc2[nH]ncc12. The lowest BCUT2D eigenvalue weighted by Gasteiger charge is -1.96. The van der Waals surface area contributed by atoms with E-state index in [2.05, 4.69) is 10.2 Å². The summed E-state index contributed by atoms with van der Waals surface area (Å²) in [4.78, 5) is 0. The van der Waals surface area contributed by atoms with Crippen molar-refractivity contribution < 1.29 is 0 Å². The van der Waals surface area contributed by atoms with E-state index in [0.717, 1.165) is 22.2 Å². The molecule has 3 N–H and O–H groups in total. The third-order valence-corrected chi connectivity index (χ3v) is 1.79. The predicted octanol–water partition coefficient (Wildman–Crippen LogP) is 1.45. The number of aromatic nitrogens is 2. The summed E-state index contributed by atoms with van der Waals surface area (Å²) in [7, 11) is 0. The van der Waals surface area contributed by atoms with E-state index in [1.54, 1.807) is 0 Å². The van der Waals surface area contributed by atoms with Crippen LogP contribution in [0, 0.1) is 6.92 Å². The number of fused-ring (bicyclic) bond motifs is 1. The van der Waals surface area contributed by atoms with Crippen LogP contribution in [0.5, 0.6) is 0 Å². The van der Waals surface area contributed by atoms with Crippen LogP contribution >= 0.6 is 0 Å². The van der Waals surface area contributed by atoms with Crippen LogP contribution in [0.25, 0.3) is 10.9 Å². The number of nitrogens with zero attached hydrogens (tertiary/aromatic N) is 1. The number of hydrogen-bond donors (Lipinski definition) is 2. The Morgan fingerprint density at radius 1 is 1.45 bits per heavy atom. The molecule has 3 heteroatoms. The Morgan fingerprint density at radius 2 is 2.27 bits per heavy atom. The van der Waals surface area contributed by atoms with Crippen LogP contribution < -0.4 is 5.73 Å². The van der Waals surface area contributed by atoms with Gasteiger partial charge in [0.05, 0.1) is 11.7 Å². The van der Waals surface area contributed by atoms with Crippen LogP contribution in [0.1, 0.15) is 5.56 Å². The van der Waals surface area contributed by atoms with Gasteiger partial charge < -0.3 is 5.73 Å². The van der Waals surface area contributed by atoms with Crippen LogP contribution in [-0.4, -0.2) is 10.2 Å². The monoisotopic (exact) mass is 147 g/mol. The van der Waals surface area contributed by atoms with Gasteiger partial charge in [-0.3, -0.25) is 5.10 Å². The first-order valence-corrected chi connectivity index (χ1v) is 3.46. The van der Waals surface area contributed by atoms with Crippen molar-refractivity contribution in [1.82, 2.24) is 10.2 Å². The molecule has 2 aromatic rings. The standard InChI is InChI=1S/C8H9N3/c1-5-2-6(9)3-8-7(5)4-10-11-8/h2-4H,9H2,1H3,(H,10,11). The van der Waals surface area contributed by atoms with Gasteiger partial charge in [-0.25, -0.2) is 0 Å². The molecule has 56 valence electrons. The molecule has 0 unspecified atom stereocenters. The van der Waals surface area contributed by atoms with E-state index >= 15 is 0 Å². The number of H-pyrrole nitrogens is 1. The molecule has 2 rings (SSSR count). The normalized spacial score (nSPS) is 10.6. The van der Waals surface area contributed by atoms with Gasteiger partial charge in [-0.05, 0) is 24.6 Å². The zero-order valence-corrected chi connectivity index (χ0v) is 6.26. The molecule has 3 nitrogen and oxygen atoms in total. The Labute approximate surface area is 64.2 Å². The number of benzene rings is 1. The fourth-order valence-electron chi connectivity index (χ4n) is 1.26. The molecule has 0 saturated heterocycles. The Morgan fingerprint density at radius 3 is 3.09 bits per heavy atom. The van der Waals surface area contributed by atoms with Gasteiger partial charge in [0, 0.05) is 11.1 Å². The molecular formula is C8H9N3. The summed E-state index contributed by atoms with van der Waals surface area (Å²) in [5, 5.41) is 7.93. The second-order valence-corrected chi connectivity index (χ2v) is 2.67. The van der Waals surface area contributed by atoms with E-state index in [4.69, 9.17) is 5.73 Å². The van der Waals surface area contributed by atoms with E-state index in [-0.39, 0.29) is 0 Å². The highest BCUT2D eigenvalue weighted by atomic mass is 15.1. The molecule has 0 aliphatic heterocycles. The zero-order valence-electron chi connectivity index (χ0n) is 6.26. The summed E-state index contributed by atoms with van der Waals surface area (Å²) in [6.45, 7) is 2.02. The maximum atomic E-state index is 5.64. The molecule has 0 saturated carbocycles. The van der Waals surface area contributed by atoms with Crippen molar-refractivity contribution in [3.05, 3.63) is 23.9 Å². The molecule has 0 amide bonds. The largest absolute Gasteiger partial charge is 0.399 e. The first-order chi connectivity index (χ1) is 5.27. The Balaban J connectivity index is 2.91. The quantitative estimate of drug-likeness (QED) is 0.554. The van der Waals surface area contributed by atoms with Gasteiger partial charge in [0.2, 0.25) is 0 Å². The van der Waals surface area contributed by atoms with E-state index in [9.17, 15) is 0 Å². The van der Waals surface area contributed by atoms with Gasteiger partial charge in [-0.1, -0.05) is 0 Å². The molecule has 0 atom stereocenters. The van der Waals surface area contributed by atoms with Crippen molar-refractivity contribution in [2.45, 2.75) is 6.92 Å². The minimum absolute atomic E-state index is 0.777. The summed E-state index contributed by atoms with van der Waals surface area (Å²) < 4.78 is 0. The second kappa shape index (κ2) is 1.99. The average Bonchev–Trinajstić information content (AvgIpc) is 2.34. The van der Waals surface area contributed by atoms with Crippen molar-refractivity contribution in [3.8, 4) is 0 Å². The Hall–Kier alpha value is -1.51. The first-order valence-electron chi connectivity index (χ1n) is 3.46. The van der Waals surface area contributed by atoms with Gasteiger partial charge in [0.25, 0.3) is 0 Å². The lowest BCUT2D eigenvalue weighted by molar-refractivity contribution is 1.12. The first kappa shape index (κ1) is 6.22. The lowest BCUT2D eigenvalue weighted by Crippen LogP contribution is -1.85. The van der Waals surface area contributed by atoms with E-state index in [1.807, 2.05) is 25.3 Å². The van der Waals surface area contributed by atoms with E-state index < -0.39 is 0 Å². The van der Waals surface area contributed by atoms with E-state index in [1.165, 1.54) is 0 Å². The summed E-state index contributed by atoms with van der Waals surface area (Å²) >= 11 is 0. The molecule has 11 heavy (non-hydrogen) atoms. The van der Waals surface area contributed by atoms with Crippen LogP contribution in [-0.2, 0) is 0 Å². The smallest absolute Gasteiger partial charge is 0.0673 e. The van der Waals surface area contributed by atoms with Crippen LogP contribution in [0.15, 0.2) is 18.3 Å². The van der Waals surface area contributed by atoms with Crippen molar-refractivity contribution in [3.63, 3.8) is 0 Å². The molecule has 0 aliphatic rings. The summed E-state index contributed by atoms with van der Waals surface area (Å²) in [6, 6.07) is 3.83. The third kappa shape index (κ3) is 0.852. The Bertz CT molecular complexity index is 389. The average molecular weight is 147 g/mol. The Kier molecular flexibility index (Phi) is 1.12. The molecular weight excluding hydrogens is 138 g/mol.